The highest BCUT2D eigenvalue weighted by Gasteiger charge is 2.16. The third kappa shape index (κ3) is 2.51. The Morgan fingerprint density at radius 3 is 2.95 bits per heavy atom. The lowest BCUT2D eigenvalue weighted by molar-refractivity contribution is 0.894. The van der Waals surface area contributed by atoms with Crippen LogP contribution in [0.4, 0.5) is 0 Å². The Morgan fingerprint density at radius 1 is 1.32 bits per heavy atom. The standard InChI is InChI=1S/C13H14N4S2/c1-9-5-6-10(18-9)11(8-14)19-13-16-15-12-4-2-3-7-17(12)13/h2-7,11H,8,14H2,1H3. The van der Waals surface area contributed by atoms with E-state index in [1.165, 1.54) is 9.75 Å². The van der Waals surface area contributed by atoms with E-state index in [9.17, 15) is 0 Å². The molecule has 4 nitrogen and oxygen atoms in total. The molecule has 0 amide bonds. The number of thioether (sulfide) groups is 1. The number of aryl methyl sites for hydroxylation is 1. The second-order valence-corrected chi connectivity index (χ2v) is 6.69. The molecule has 0 aromatic carbocycles. The van der Waals surface area contributed by atoms with E-state index in [1.54, 1.807) is 23.1 Å². The average Bonchev–Trinajstić information content (AvgIpc) is 3.03. The smallest absolute Gasteiger partial charge is 0.196 e. The summed E-state index contributed by atoms with van der Waals surface area (Å²) in [7, 11) is 0. The van der Waals surface area contributed by atoms with Gasteiger partial charge in [-0.15, -0.1) is 21.5 Å². The summed E-state index contributed by atoms with van der Waals surface area (Å²) in [5, 5.41) is 9.51. The van der Waals surface area contributed by atoms with Gasteiger partial charge in [0, 0.05) is 22.5 Å². The molecule has 0 radical (unpaired) electrons. The molecule has 0 spiro atoms. The summed E-state index contributed by atoms with van der Waals surface area (Å²) in [5.41, 5.74) is 6.77. The lowest BCUT2D eigenvalue weighted by atomic mass is 10.3. The molecule has 0 aliphatic carbocycles. The molecular weight excluding hydrogens is 276 g/mol. The zero-order valence-electron chi connectivity index (χ0n) is 10.5. The minimum absolute atomic E-state index is 0.228. The molecule has 0 saturated heterocycles. The second-order valence-electron chi connectivity index (χ2n) is 4.20. The van der Waals surface area contributed by atoms with Crippen LogP contribution in [0.15, 0.2) is 41.7 Å². The maximum atomic E-state index is 5.90. The van der Waals surface area contributed by atoms with E-state index in [2.05, 4.69) is 29.3 Å². The number of hydrogen-bond donors (Lipinski definition) is 1. The van der Waals surface area contributed by atoms with Crippen molar-refractivity contribution >= 4 is 28.7 Å². The van der Waals surface area contributed by atoms with Gasteiger partial charge in [0.1, 0.15) is 0 Å². The largest absolute Gasteiger partial charge is 0.329 e. The van der Waals surface area contributed by atoms with E-state index in [0.717, 1.165) is 10.8 Å². The molecule has 0 fully saturated rings. The highest BCUT2D eigenvalue weighted by atomic mass is 32.2. The van der Waals surface area contributed by atoms with E-state index >= 15 is 0 Å². The van der Waals surface area contributed by atoms with Gasteiger partial charge >= 0.3 is 0 Å². The lowest BCUT2D eigenvalue weighted by Crippen LogP contribution is -2.08. The van der Waals surface area contributed by atoms with Crippen molar-refractivity contribution in [3.8, 4) is 0 Å². The van der Waals surface area contributed by atoms with Crippen LogP contribution in [0, 0.1) is 6.92 Å². The van der Waals surface area contributed by atoms with Gasteiger partial charge in [0.25, 0.3) is 0 Å². The minimum atomic E-state index is 0.228. The minimum Gasteiger partial charge on any atom is -0.329 e. The molecule has 0 aliphatic rings. The third-order valence-electron chi connectivity index (χ3n) is 2.82. The molecule has 0 saturated carbocycles. The van der Waals surface area contributed by atoms with Crippen LogP contribution >= 0.6 is 23.1 Å². The van der Waals surface area contributed by atoms with E-state index < -0.39 is 0 Å². The molecule has 6 heteroatoms. The monoisotopic (exact) mass is 290 g/mol. The number of aromatic nitrogens is 3. The van der Waals surface area contributed by atoms with E-state index in [4.69, 9.17) is 5.73 Å². The summed E-state index contributed by atoms with van der Waals surface area (Å²) >= 11 is 3.46. The van der Waals surface area contributed by atoms with Crippen molar-refractivity contribution in [2.45, 2.75) is 17.3 Å². The Balaban J connectivity index is 1.90. The fraction of sp³-hybridized carbons (Fsp3) is 0.231. The first-order valence-corrected chi connectivity index (χ1v) is 7.70. The normalized spacial score (nSPS) is 12.9. The highest BCUT2D eigenvalue weighted by molar-refractivity contribution is 7.99. The fourth-order valence-electron chi connectivity index (χ4n) is 1.88. The van der Waals surface area contributed by atoms with Crippen LogP contribution < -0.4 is 5.73 Å². The number of hydrogen-bond acceptors (Lipinski definition) is 5. The first-order valence-electron chi connectivity index (χ1n) is 6.01. The molecule has 3 rings (SSSR count). The van der Waals surface area contributed by atoms with Gasteiger partial charge in [0.05, 0.1) is 5.25 Å². The zero-order valence-corrected chi connectivity index (χ0v) is 12.1. The van der Waals surface area contributed by atoms with Crippen LogP contribution in [0.1, 0.15) is 15.0 Å². The summed E-state index contributed by atoms with van der Waals surface area (Å²) in [6.45, 7) is 2.70. The molecule has 0 aliphatic heterocycles. The molecule has 0 bridgehead atoms. The summed E-state index contributed by atoms with van der Waals surface area (Å²) in [5.74, 6) is 0. The fourth-order valence-corrected chi connectivity index (χ4v) is 3.94. The first kappa shape index (κ1) is 12.7. The van der Waals surface area contributed by atoms with Crippen molar-refractivity contribution in [2.75, 3.05) is 6.54 Å². The van der Waals surface area contributed by atoms with E-state index in [-0.39, 0.29) is 5.25 Å². The average molecular weight is 290 g/mol. The van der Waals surface area contributed by atoms with Gasteiger partial charge in [-0.3, -0.25) is 4.40 Å². The Bertz CT molecular complexity index is 689. The van der Waals surface area contributed by atoms with Gasteiger partial charge in [0.15, 0.2) is 10.8 Å². The number of thiophene rings is 1. The maximum Gasteiger partial charge on any atom is 0.196 e. The number of pyridine rings is 1. The quantitative estimate of drug-likeness (QED) is 0.751. The molecule has 3 aromatic rings. The number of nitrogens with zero attached hydrogens (tertiary/aromatic N) is 3. The predicted octanol–water partition coefficient (Wildman–Crippen LogP) is 2.89. The summed E-state index contributed by atoms with van der Waals surface area (Å²) in [6.07, 6.45) is 1.98. The number of fused-ring (bicyclic) bond motifs is 1. The predicted molar refractivity (Wildman–Crippen MR) is 79.7 cm³/mol. The van der Waals surface area contributed by atoms with Gasteiger partial charge in [-0.25, -0.2) is 0 Å². The van der Waals surface area contributed by atoms with Crippen LogP contribution in [-0.4, -0.2) is 21.1 Å². The van der Waals surface area contributed by atoms with E-state index in [1.807, 2.05) is 28.8 Å². The van der Waals surface area contributed by atoms with Crippen molar-refractivity contribution < 1.29 is 0 Å². The molecule has 1 unspecified atom stereocenters. The molecule has 1 atom stereocenters. The van der Waals surface area contributed by atoms with Crippen molar-refractivity contribution in [3.63, 3.8) is 0 Å². The van der Waals surface area contributed by atoms with Gasteiger partial charge in [0.2, 0.25) is 0 Å². The summed E-state index contributed by atoms with van der Waals surface area (Å²) < 4.78 is 1.99. The van der Waals surface area contributed by atoms with Gasteiger partial charge < -0.3 is 5.73 Å². The summed E-state index contributed by atoms with van der Waals surface area (Å²) in [4.78, 5) is 2.60. The van der Waals surface area contributed by atoms with Gasteiger partial charge in [-0.1, -0.05) is 17.8 Å². The van der Waals surface area contributed by atoms with Crippen LogP contribution in [0.2, 0.25) is 0 Å². The molecule has 19 heavy (non-hydrogen) atoms. The molecule has 98 valence electrons. The van der Waals surface area contributed by atoms with Crippen molar-refractivity contribution in [3.05, 3.63) is 46.3 Å². The van der Waals surface area contributed by atoms with Crippen molar-refractivity contribution in [1.82, 2.24) is 14.6 Å². The Morgan fingerprint density at radius 2 is 2.21 bits per heavy atom. The Kier molecular flexibility index (Phi) is 3.54. The number of rotatable bonds is 4. The molecule has 3 heterocycles. The van der Waals surface area contributed by atoms with Crippen LogP contribution in [0.3, 0.4) is 0 Å². The lowest BCUT2D eigenvalue weighted by Gasteiger charge is -2.10. The molecule has 3 aromatic heterocycles. The summed E-state index contributed by atoms with van der Waals surface area (Å²) in [6, 6.07) is 10.2. The number of nitrogens with two attached hydrogens (primary N) is 1. The maximum absolute atomic E-state index is 5.90. The Labute approximate surface area is 119 Å². The molecule has 2 N–H and O–H groups in total. The zero-order chi connectivity index (χ0) is 13.2. The SMILES string of the molecule is Cc1ccc(C(CN)Sc2nnc3ccccn23)s1. The van der Waals surface area contributed by atoms with Gasteiger partial charge in [-0.05, 0) is 31.2 Å². The first-order chi connectivity index (χ1) is 9.28. The van der Waals surface area contributed by atoms with E-state index in [0.29, 0.717) is 6.54 Å². The third-order valence-corrected chi connectivity index (χ3v) is 5.31. The van der Waals surface area contributed by atoms with Crippen LogP contribution in [-0.2, 0) is 0 Å². The highest BCUT2D eigenvalue weighted by Crippen LogP contribution is 2.36. The van der Waals surface area contributed by atoms with Crippen LogP contribution in [0.5, 0.6) is 0 Å². The second kappa shape index (κ2) is 5.32. The van der Waals surface area contributed by atoms with Gasteiger partial charge in [-0.2, -0.15) is 0 Å². The van der Waals surface area contributed by atoms with Crippen LogP contribution in [0.25, 0.3) is 5.65 Å². The Hall–Kier alpha value is -1.37. The molecular formula is C13H14N4S2. The topological polar surface area (TPSA) is 56.2 Å². The van der Waals surface area contributed by atoms with Crippen molar-refractivity contribution in [1.29, 1.82) is 0 Å². The van der Waals surface area contributed by atoms with Crippen molar-refractivity contribution in [2.24, 2.45) is 5.73 Å².